The molecule has 14 heteroatoms. The van der Waals surface area contributed by atoms with E-state index in [1.165, 1.54) is 17.0 Å². The summed E-state index contributed by atoms with van der Waals surface area (Å²) in [5, 5.41) is 23.8. The van der Waals surface area contributed by atoms with Crippen molar-refractivity contribution in [2.75, 3.05) is 13.2 Å². The molecule has 3 aliphatic heterocycles. The number of nitrogens with one attached hydrogen (secondary N) is 1. The molecule has 1 saturated heterocycles. The van der Waals surface area contributed by atoms with Crippen LogP contribution in [-0.2, 0) is 53.1 Å². The molecule has 5 atom stereocenters. The van der Waals surface area contributed by atoms with Crippen LogP contribution in [-0.4, -0.2) is 95.2 Å². The fourth-order valence-electron chi connectivity index (χ4n) is 8.01. The zero-order valence-electron chi connectivity index (χ0n) is 34.3. The van der Waals surface area contributed by atoms with Gasteiger partial charge >= 0.3 is 11.9 Å². The maximum atomic E-state index is 13.3. The van der Waals surface area contributed by atoms with Crippen LogP contribution in [0.1, 0.15) is 75.3 Å². The second-order valence-electron chi connectivity index (χ2n) is 15.8. The third kappa shape index (κ3) is 9.72. The van der Waals surface area contributed by atoms with Gasteiger partial charge in [0.15, 0.2) is 0 Å². The monoisotopic (exact) mass is 839 g/mol. The minimum absolute atomic E-state index is 0.0379. The number of carboxylic acids is 1. The molecule has 3 aliphatic rings. The third-order valence-corrected chi connectivity index (χ3v) is 13.0. The molecule has 0 aliphatic carbocycles. The molecular formula is C46H53N3O10S. The minimum Gasteiger partial charge on any atom is -0.485 e. The van der Waals surface area contributed by atoms with E-state index in [0.717, 1.165) is 23.1 Å². The Balaban J connectivity index is 0.000000203. The molecule has 0 unspecified atom stereocenters. The first-order chi connectivity index (χ1) is 28.6. The first-order valence-electron chi connectivity index (χ1n) is 20.3. The number of nitrogens with zero attached hydrogens (tertiary/aromatic N) is 2. The Labute approximate surface area is 351 Å². The molecule has 0 saturated carbocycles. The fourth-order valence-corrected chi connectivity index (χ4v) is 9.33. The molecule has 0 bridgehead atoms. The molecule has 4 aromatic carbocycles. The van der Waals surface area contributed by atoms with Gasteiger partial charge in [-0.25, -0.2) is 13.2 Å². The molecule has 1 fully saturated rings. The van der Waals surface area contributed by atoms with Gasteiger partial charge in [-0.2, -0.15) is 0 Å². The van der Waals surface area contributed by atoms with Gasteiger partial charge in [0, 0.05) is 31.5 Å². The summed E-state index contributed by atoms with van der Waals surface area (Å²) in [6.07, 6.45) is 1.55. The van der Waals surface area contributed by atoms with Crippen molar-refractivity contribution in [1.82, 2.24) is 15.1 Å². The number of carbonyl (C=O) groups excluding carboxylic acids is 3. The molecule has 0 radical (unpaired) electrons. The van der Waals surface area contributed by atoms with Gasteiger partial charge in [0.1, 0.15) is 29.5 Å². The Hall–Kier alpha value is -5.57. The molecule has 0 aromatic heterocycles. The number of carboxylic acid groups (broad SMARTS) is 1. The maximum Gasteiger partial charge on any atom is 0.326 e. The van der Waals surface area contributed by atoms with Crippen molar-refractivity contribution in [3.05, 3.63) is 125 Å². The number of ether oxygens (including phenoxy) is 2. The standard InChI is InChI=1S/C25H30N2O5.C21H23NO5S/c1-3-32-25(31)21(14-13-18-9-5-4-6-10-18)26-17(2)23(28)27-16-20-12-8-7-11-19(20)15-22(27)24(29)30;1-21(2)20(24)19(22-12-6-9-18(22)23)16-13-15(10-11-17(16)27-21)28(25,26)14-7-4-3-5-8-14/h4-12,17,21-22,26H,3,13-16H2,1-2H3,(H,29,30);3-5,7-8,10-11,13,19-20,24H,6,9,12H2,1-2H3/t17-,21-,22-;19-,20+/m01/s1. The Bertz CT molecular complexity index is 2290. The van der Waals surface area contributed by atoms with Gasteiger partial charge in [0.2, 0.25) is 21.7 Å². The van der Waals surface area contributed by atoms with Crippen molar-refractivity contribution in [2.45, 2.75) is 112 Å². The number of likely N-dealkylation sites (tertiary alicyclic amines) is 1. The van der Waals surface area contributed by atoms with Crippen LogP contribution in [0.25, 0.3) is 0 Å². The van der Waals surface area contributed by atoms with Crippen LogP contribution in [0.4, 0.5) is 0 Å². The molecule has 7 rings (SSSR count). The van der Waals surface area contributed by atoms with Crippen LogP contribution in [0.3, 0.4) is 0 Å². The van der Waals surface area contributed by atoms with E-state index >= 15 is 0 Å². The molecule has 13 nitrogen and oxygen atoms in total. The lowest BCUT2D eigenvalue weighted by Gasteiger charge is -2.45. The summed E-state index contributed by atoms with van der Waals surface area (Å²) >= 11 is 0. The highest BCUT2D eigenvalue weighted by Gasteiger charge is 2.48. The van der Waals surface area contributed by atoms with Crippen LogP contribution in [0, 0.1) is 0 Å². The molecule has 60 heavy (non-hydrogen) atoms. The van der Waals surface area contributed by atoms with Crippen molar-refractivity contribution in [2.24, 2.45) is 0 Å². The third-order valence-electron chi connectivity index (χ3n) is 11.3. The highest BCUT2D eigenvalue weighted by Crippen LogP contribution is 2.45. The van der Waals surface area contributed by atoms with Gasteiger partial charge in [-0.05, 0) is 94.0 Å². The van der Waals surface area contributed by atoms with E-state index in [9.17, 15) is 37.8 Å². The van der Waals surface area contributed by atoms with E-state index in [2.05, 4.69) is 5.32 Å². The molecule has 318 valence electrons. The Morgan fingerprint density at radius 2 is 1.58 bits per heavy atom. The number of hydrogen-bond acceptors (Lipinski definition) is 10. The number of rotatable bonds is 12. The summed E-state index contributed by atoms with van der Waals surface area (Å²) in [4.78, 5) is 53.4. The zero-order chi connectivity index (χ0) is 43.2. The number of carbonyl (C=O) groups is 4. The van der Waals surface area contributed by atoms with Gasteiger partial charge < -0.3 is 29.5 Å². The fraction of sp³-hybridized carbons (Fsp3) is 0.391. The highest BCUT2D eigenvalue weighted by molar-refractivity contribution is 7.91. The van der Waals surface area contributed by atoms with Crippen LogP contribution in [0.5, 0.6) is 5.75 Å². The molecule has 3 heterocycles. The number of hydrogen-bond donors (Lipinski definition) is 3. The van der Waals surface area contributed by atoms with Gasteiger partial charge in [0.25, 0.3) is 0 Å². The van der Waals surface area contributed by atoms with Crippen LogP contribution >= 0.6 is 0 Å². The number of esters is 1. The van der Waals surface area contributed by atoms with E-state index in [1.54, 1.807) is 69.0 Å². The predicted molar refractivity (Wildman–Crippen MR) is 223 cm³/mol. The van der Waals surface area contributed by atoms with E-state index in [0.29, 0.717) is 37.1 Å². The summed E-state index contributed by atoms with van der Waals surface area (Å²) in [5.74, 6) is -1.34. The smallest absolute Gasteiger partial charge is 0.326 e. The highest BCUT2D eigenvalue weighted by atomic mass is 32.2. The Morgan fingerprint density at radius 3 is 2.22 bits per heavy atom. The SMILES string of the molecule is CC1(C)Oc2ccc(S(=O)(=O)c3ccccc3)cc2[C@@H](N2CCCC2=O)[C@@H]1O.CCOC(=O)[C@H](CCc1ccccc1)N[C@@H](C)C(=O)N1Cc2ccccc2C[C@H]1C(=O)O. The molecular weight excluding hydrogens is 787 g/mol. The predicted octanol–water partition coefficient (Wildman–Crippen LogP) is 5.28. The van der Waals surface area contributed by atoms with E-state index in [4.69, 9.17) is 9.47 Å². The quantitative estimate of drug-likeness (QED) is 0.158. The minimum atomic E-state index is -3.72. The average Bonchev–Trinajstić information content (AvgIpc) is 3.67. The van der Waals surface area contributed by atoms with Gasteiger partial charge in [-0.15, -0.1) is 0 Å². The average molecular weight is 840 g/mol. The van der Waals surface area contributed by atoms with E-state index in [1.807, 2.05) is 54.6 Å². The number of aryl methyl sites for hydroxylation is 1. The van der Waals surface area contributed by atoms with Gasteiger partial charge in [-0.3, -0.25) is 19.7 Å². The molecule has 4 aromatic rings. The summed E-state index contributed by atoms with van der Waals surface area (Å²) in [7, 11) is -3.72. The number of fused-ring (bicyclic) bond motifs is 2. The number of sulfone groups is 1. The van der Waals surface area contributed by atoms with Crippen molar-refractivity contribution < 1.29 is 47.3 Å². The topological polar surface area (TPSA) is 180 Å². The number of aliphatic hydroxyl groups excluding tert-OH is 1. The van der Waals surface area contributed by atoms with Crippen molar-refractivity contribution >= 4 is 33.6 Å². The first kappa shape index (κ1) is 44.0. The lowest BCUT2D eigenvalue weighted by molar-refractivity contribution is -0.153. The van der Waals surface area contributed by atoms with Gasteiger partial charge in [0.05, 0.1) is 28.5 Å². The summed E-state index contributed by atoms with van der Waals surface area (Å²) in [6.45, 7) is 7.94. The Kier molecular flexibility index (Phi) is 13.8. The number of aliphatic carboxylic acids is 1. The normalized spacial score (nSPS) is 20.4. The molecule has 0 spiro atoms. The first-order valence-corrected chi connectivity index (χ1v) is 21.8. The number of aliphatic hydroxyl groups is 1. The van der Waals surface area contributed by atoms with Crippen molar-refractivity contribution in [1.29, 1.82) is 0 Å². The second-order valence-corrected chi connectivity index (χ2v) is 17.8. The second kappa shape index (κ2) is 18.8. The lowest BCUT2D eigenvalue weighted by atomic mass is 9.85. The summed E-state index contributed by atoms with van der Waals surface area (Å²) in [6, 6.07) is 27.2. The van der Waals surface area contributed by atoms with Gasteiger partial charge in [-0.1, -0.05) is 72.8 Å². The van der Waals surface area contributed by atoms with Crippen molar-refractivity contribution in [3.8, 4) is 5.75 Å². The van der Waals surface area contributed by atoms with Crippen LogP contribution in [0.15, 0.2) is 113 Å². The van der Waals surface area contributed by atoms with E-state index < -0.39 is 57.6 Å². The number of benzene rings is 4. The largest absolute Gasteiger partial charge is 0.485 e. The zero-order valence-corrected chi connectivity index (χ0v) is 35.1. The lowest BCUT2D eigenvalue weighted by Crippen LogP contribution is -2.56. The van der Waals surface area contributed by atoms with Crippen LogP contribution < -0.4 is 10.1 Å². The molecule has 3 N–H and O–H groups in total. The molecule has 2 amide bonds. The van der Waals surface area contributed by atoms with Crippen molar-refractivity contribution in [3.63, 3.8) is 0 Å². The summed E-state index contributed by atoms with van der Waals surface area (Å²) in [5.41, 5.74) is 2.59. The van der Waals surface area contributed by atoms with Crippen LogP contribution in [0.2, 0.25) is 0 Å². The van der Waals surface area contributed by atoms with E-state index in [-0.39, 0.29) is 41.2 Å². The number of amides is 2. The maximum absolute atomic E-state index is 13.3. The Morgan fingerprint density at radius 1 is 0.933 bits per heavy atom. The summed E-state index contributed by atoms with van der Waals surface area (Å²) < 4.78 is 37.2.